The summed E-state index contributed by atoms with van der Waals surface area (Å²) in [4.78, 5) is 12.8. The van der Waals surface area contributed by atoms with Crippen molar-refractivity contribution in [2.24, 2.45) is 7.05 Å². The van der Waals surface area contributed by atoms with Crippen molar-refractivity contribution in [3.8, 4) is 0 Å². The lowest BCUT2D eigenvalue weighted by atomic mass is 10.6. The molecule has 0 radical (unpaired) electrons. The van der Waals surface area contributed by atoms with Crippen LogP contribution in [-0.2, 0) is 11.8 Å². The molecule has 0 aliphatic carbocycles. The van der Waals surface area contributed by atoms with Gasteiger partial charge in [0.05, 0.1) is 13.2 Å². The molecule has 0 saturated carbocycles. The summed E-state index contributed by atoms with van der Waals surface area (Å²) in [5.74, 6) is -1.97. The zero-order valence-electron chi connectivity index (χ0n) is 8.08. The quantitative estimate of drug-likeness (QED) is 0.557. The molecule has 15 heavy (non-hydrogen) atoms. The highest BCUT2D eigenvalue weighted by atomic mass is 19.4. The molecule has 0 aliphatic heterocycles. The molecule has 1 aromatic rings. The standard InChI is InChI=1S/C6H9N2.C2HF3O2/c1-6-7-4-3-5-8(6)2;3-2(4,5)1(6)7/h3-5H,1-2H3;(H,6,7)/q+1;/p-1. The molecule has 0 fully saturated rings. The largest absolute Gasteiger partial charge is 0.542 e. The average molecular weight is 222 g/mol. The van der Waals surface area contributed by atoms with Crippen LogP contribution in [0.5, 0.6) is 0 Å². The molecule has 1 rings (SSSR count). The minimum absolute atomic E-state index is 1.03. The van der Waals surface area contributed by atoms with Crippen LogP contribution in [-0.4, -0.2) is 17.1 Å². The maximum Gasteiger partial charge on any atom is 0.430 e. The maximum absolute atomic E-state index is 10.5. The van der Waals surface area contributed by atoms with Crippen LogP contribution in [0.4, 0.5) is 13.2 Å². The third kappa shape index (κ3) is 5.61. The Hall–Kier alpha value is -1.66. The number of alkyl halides is 3. The number of nitrogens with zero attached hydrogens (tertiary/aromatic N) is 2. The molecule has 0 aromatic carbocycles. The van der Waals surface area contributed by atoms with Crippen molar-refractivity contribution in [2.75, 3.05) is 0 Å². The summed E-state index contributed by atoms with van der Waals surface area (Å²) in [6.45, 7) is 1.97. The van der Waals surface area contributed by atoms with Crippen molar-refractivity contribution < 1.29 is 27.6 Å². The van der Waals surface area contributed by atoms with Crippen LogP contribution in [0, 0.1) is 6.92 Å². The SMILES string of the molecule is Cc1nccc[n+]1C.O=C([O-])C(F)(F)F. The first-order chi connectivity index (χ1) is 6.75. The summed E-state index contributed by atoms with van der Waals surface area (Å²) in [6, 6.07) is 1.91. The molecular formula is C8H9F3N2O2. The molecule has 0 spiro atoms. The maximum atomic E-state index is 10.5. The average Bonchev–Trinajstić information content (AvgIpc) is 2.09. The van der Waals surface area contributed by atoms with Gasteiger partial charge in [-0.15, -0.1) is 0 Å². The fraction of sp³-hybridized carbons (Fsp3) is 0.375. The van der Waals surface area contributed by atoms with Gasteiger partial charge in [0.1, 0.15) is 12.2 Å². The van der Waals surface area contributed by atoms with Crippen LogP contribution < -0.4 is 9.67 Å². The van der Waals surface area contributed by atoms with Crippen LogP contribution in [0.15, 0.2) is 18.5 Å². The van der Waals surface area contributed by atoms with E-state index >= 15 is 0 Å². The minimum atomic E-state index is -5.19. The molecule has 7 heteroatoms. The van der Waals surface area contributed by atoms with Gasteiger partial charge in [0.25, 0.3) is 5.82 Å². The Morgan fingerprint density at radius 3 is 2.20 bits per heavy atom. The lowest BCUT2D eigenvalue weighted by Gasteiger charge is -2.03. The first kappa shape index (κ1) is 13.3. The third-order valence-corrected chi connectivity index (χ3v) is 1.40. The molecule has 84 valence electrons. The van der Waals surface area contributed by atoms with Gasteiger partial charge in [-0.05, 0) is 0 Å². The Morgan fingerprint density at radius 2 is 2.00 bits per heavy atom. The van der Waals surface area contributed by atoms with Crippen LogP contribution in [0.3, 0.4) is 0 Å². The third-order valence-electron chi connectivity index (χ3n) is 1.40. The van der Waals surface area contributed by atoms with Crippen molar-refractivity contribution in [3.05, 3.63) is 24.3 Å². The van der Waals surface area contributed by atoms with Crippen molar-refractivity contribution >= 4 is 5.97 Å². The number of aryl methyl sites for hydroxylation is 2. The highest BCUT2D eigenvalue weighted by Gasteiger charge is 2.28. The fourth-order valence-electron chi connectivity index (χ4n) is 0.517. The van der Waals surface area contributed by atoms with Crippen molar-refractivity contribution in [2.45, 2.75) is 13.1 Å². The Morgan fingerprint density at radius 1 is 1.53 bits per heavy atom. The topological polar surface area (TPSA) is 56.9 Å². The van der Waals surface area contributed by atoms with Crippen LogP contribution in [0.25, 0.3) is 0 Å². The first-order valence-corrected chi connectivity index (χ1v) is 3.80. The molecule has 0 unspecified atom stereocenters. The Labute approximate surface area is 84.0 Å². The molecule has 0 bridgehead atoms. The van der Waals surface area contributed by atoms with Gasteiger partial charge in [0.2, 0.25) is 0 Å². The molecule has 4 nitrogen and oxygen atoms in total. The van der Waals surface area contributed by atoms with Gasteiger partial charge < -0.3 is 9.90 Å². The number of carbonyl (C=O) groups is 1. The molecule has 0 N–H and O–H groups in total. The predicted molar refractivity (Wildman–Crippen MR) is 41.2 cm³/mol. The molecule has 1 heterocycles. The smallest absolute Gasteiger partial charge is 0.430 e. The molecule has 0 saturated heterocycles. The number of carboxylic acid groups (broad SMARTS) is 1. The van der Waals surface area contributed by atoms with E-state index < -0.39 is 12.1 Å². The van der Waals surface area contributed by atoms with E-state index in [0.29, 0.717) is 0 Å². The summed E-state index contributed by atoms with van der Waals surface area (Å²) in [6.07, 6.45) is -1.43. The lowest BCUT2D eigenvalue weighted by molar-refractivity contribution is -0.681. The number of rotatable bonds is 0. The monoisotopic (exact) mass is 222 g/mol. The minimum Gasteiger partial charge on any atom is -0.542 e. The van der Waals surface area contributed by atoms with Gasteiger partial charge in [-0.3, -0.25) is 0 Å². The van der Waals surface area contributed by atoms with Crippen molar-refractivity contribution in [1.82, 2.24) is 4.98 Å². The molecule has 1 aromatic heterocycles. The van der Waals surface area contributed by atoms with Gasteiger partial charge in [-0.1, -0.05) is 4.98 Å². The van der Waals surface area contributed by atoms with E-state index in [-0.39, 0.29) is 0 Å². The van der Waals surface area contributed by atoms with E-state index in [9.17, 15) is 13.2 Å². The zero-order valence-corrected chi connectivity index (χ0v) is 8.08. The van der Waals surface area contributed by atoms with E-state index in [0.717, 1.165) is 5.82 Å². The Kier molecular flexibility index (Phi) is 4.69. The van der Waals surface area contributed by atoms with Gasteiger partial charge in [0.15, 0.2) is 0 Å². The summed E-state index contributed by atoms with van der Waals surface area (Å²) in [5.41, 5.74) is 0. The fourth-order valence-corrected chi connectivity index (χ4v) is 0.517. The summed E-state index contributed by atoms with van der Waals surface area (Å²) < 4.78 is 33.5. The normalized spacial score (nSPS) is 10.2. The van der Waals surface area contributed by atoms with Gasteiger partial charge in [-0.25, -0.2) is 4.57 Å². The van der Waals surface area contributed by atoms with Crippen LogP contribution >= 0.6 is 0 Å². The number of aromatic nitrogens is 2. The van der Waals surface area contributed by atoms with E-state index in [2.05, 4.69) is 4.98 Å². The molecule has 0 aliphatic rings. The number of aliphatic carboxylic acids is 1. The second-order valence-corrected chi connectivity index (χ2v) is 2.56. The Balaban J connectivity index is 0.000000265. The second-order valence-electron chi connectivity index (χ2n) is 2.56. The van der Waals surface area contributed by atoms with E-state index in [1.54, 1.807) is 6.20 Å². The van der Waals surface area contributed by atoms with Gasteiger partial charge in [-0.2, -0.15) is 13.2 Å². The van der Waals surface area contributed by atoms with E-state index in [4.69, 9.17) is 9.90 Å². The lowest BCUT2D eigenvalue weighted by Crippen LogP contribution is -2.37. The van der Waals surface area contributed by atoms with Crippen molar-refractivity contribution in [3.63, 3.8) is 0 Å². The van der Waals surface area contributed by atoms with Gasteiger partial charge >= 0.3 is 6.18 Å². The second kappa shape index (κ2) is 5.28. The number of hydrogen-bond acceptors (Lipinski definition) is 3. The van der Waals surface area contributed by atoms with Gasteiger partial charge in [0, 0.05) is 13.0 Å². The van der Waals surface area contributed by atoms with Crippen LogP contribution in [0.1, 0.15) is 5.82 Å². The highest BCUT2D eigenvalue weighted by Crippen LogP contribution is 2.11. The van der Waals surface area contributed by atoms with Crippen LogP contribution in [0.2, 0.25) is 0 Å². The number of halogens is 3. The number of hydrogen-bond donors (Lipinski definition) is 0. The first-order valence-electron chi connectivity index (χ1n) is 3.80. The van der Waals surface area contributed by atoms with Crippen molar-refractivity contribution in [1.29, 1.82) is 0 Å². The summed E-state index contributed by atoms with van der Waals surface area (Å²) in [7, 11) is 1.97. The summed E-state index contributed by atoms with van der Waals surface area (Å²) >= 11 is 0. The Bertz CT molecular complexity index is 318. The number of carboxylic acids is 1. The zero-order chi connectivity index (χ0) is 12.1. The number of carbonyl (C=O) groups excluding carboxylic acids is 1. The van der Waals surface area contributed by atoms with E-state index in [1.807, 2.05) is 30.8 Å². The molecule has 0 atom stereocenters. The molecule has 0 amide bonds. The highest BCUT2D eigenvalue weighted by molar-refractivity contribution is 5.70. The van der Waals surface area contributed by atoms with E-state index in [1.165, 1.54) is 0 Å². The predicted octanol–water partition coefficient (Wildman–Crippen LogP) is -0.487. The molecular weight excluding hydrogens is 213 g/mol. The summed E-state index contributed by atoms with van der Waals surface area (Å²) in [5, 5.41) is 8.78.